The van der Waals surface area contributed by atoms with Crippen molar-refractivity contribution in [3.05, 3.63) is 46.4 Å². The minimum absolute atomic E-state index is 0.0715. The Bertz CT molecular complexity index is 1140. The Kier molecular flexibility index (Phi) is 12.4. The molecule has 41 heavy (non-hydrogen) atoms. The molecule has 5 N–H and O–H groups in total. The first-order valence-corrected chi connectivity index (χ1v) is 13.4. The number of carbonyl (C=O) groups excluding carboxylic acids is 4. The number of ether oxygens (including phenoxy) is 4. The van der Waals surface area contributed by atoms with Gasteiger partial charge in [-0.05, 0) is 44.3 Å². The van der Waals surface area contributed by atoms with Crippen LogP contribution < -0.4 is 11.1 Å². The lowest BCUT2D eigenvalue weighted by molar-refractivity contribution is -0.121. The van der Waals surface area contributed by atoms with Gasteiger partial charge in [-0.1, -0.05) is 19.9 Å². The van der Waals surface area contributed by atoms with Crippen molar-refractivity contribution < 1.29 is 48.3 Å². The molecule has 7 atom stereocenters. The average molecular weight is 579 g/mol. The second-order valence-corrected chi connectivity index (χ2v) is 10.6. The Morgan fingerprint density at radius 2 is 1.63 bits per heavy atom. The van der Waals surface area contributed by atoms with Gasteiger partial charge in [-0.25, -0.2) is 4.79 Å². The standard InChI is InChI=1S/C29H42N2O10/c1-14-8-19-25(35)20(13-21(33)27(19)40-7)31-28(36)17(4)11-18(32)12-23(39-6)26(41-29(30)37)16(3)10-15(2)24(34)22(9-14)38-5/h10-11,13-15,18,22-24,26,32,34H,8-9,12H2,1-7H3,(H2,30,37)(H,31,36)/b16-10-,17-11-/t14-,15+,18+,22+,23+,24-,26+/m1/s1. The molecule has 0 radical (unpaired) electrons. The Morgan fingerprint density at radius 1 is 1.00 bits per heavy atom. The van der Waals surface area contributed by atoms with Crippen LogP contribution in [-0.2, 0) is 33.3 Å². The highest BCUT2D eigenvalue weighted by molar-refractivity contribution is 6.23. The fourth-order valence-electron chi connectivity index (χ4n) is 5.15. The number of aliphatic hydroxyl groups excluding tert-OH is 2. The van der Waals surface area contributed by atoms with E-state index < -0.39 is 60.0 Å². The summed E-state index contributed by atoms with van der Waals surface area (Å²) in [5.41, 5.74) is 5.79. The second kappa shape index (κ2) is 15.1. The largest absolute Gasteiger partial charge is 0.492 e. The lowest BCUT2D eigenvalue weighted by Gasteiger charge is -2.30. The number of ketones is 2. The molecule has 0 unspecified atom stereocenters. The van der Waals surface area contributed by atoms with Crippen LogP contribution in [0.2, 0.25) is 0 Å². The number of carbonyl (C=O) groups is 4. The summed E-state index contributed by atoms with van der Waals surface area (Å²) >= 11 is 0. The number of rotatable bonds is 4. The van der Waals surface area contributed by atoms with E-state index in [9.17, 15) is 29.4 Å². The highest BCUT2D eigenvalue weighted by atomic mass is 16.6. The van der Waals surface area contributed by atoms with Crippen molar-refractivity contribution in [2.24, 2.45) is 17.6 Å². The topological polar surface area (TPSA) is 184 Å². The summed E-state index contributed by atoms with van der Waals surface area (Å²) in [6.07, 6.45) is -1.49. The van der Waals surface area contributed by atoms with Gasteiger partial charge in [0.15, 0.2) is 11.9 Å². The molecule has 2 rings (SSSR count). The molecular weight excluding hydrogens is 536 g/mol. The Balaban J connectivity index is 2.60. The molecule has 0 aromatic carbocycles. The number of fused-ring (bicyclic) bond motifs is 2. The summed E-state index contributed by atoms with van der Waals surface area (Å²) in [5.74, 6) is -2.68. The molecule has 0 fully saturated rings. The SMILES string of the molecule is COC1=C2C[C@@H](C)C[C@H](OC)[C@H](O)[C@@H](C)/C=C(/C)[C@H](OC(N)=O)[C@@H](OC)C[C@@H](O)/C=C(/C)C(=O)NC(=CC1=O)C2=O. The molecule has 1 heterocycles. The maximum Gasteiger partial charge on any atom is 0.405 e. The van der Waals surface area contributed by atoms with E-state index >= 15 is 0 Å². The minimum Gasteiger partial charge on any atom is -0.492 e. The molecule has 12 nitrogen and oxygen atoms in total. The Hall–Kier alpha value is -3.32. The van der Waals surface area contributed by atoms with Gasteiger partial charge in [0.1, 0.15) is 6.10 Å². The van der Waals surface area contributed by atoms with E-state index in [0.29, 0.717) is 12.0 Å². The van der Waals surface area contributed by atoms with Gasteiger partial charge < -0.3 is 40.2 Å². The van der Waals surface area contributed by atoms with Crippen molar-refractivity contribution in [1.82, 2.24) is 5.32 Å². The van der Waals surface area contributed by atoms with Gasteiger partial charge in [0.25, 0.3) is 5.91 Å². The monoisotopic (exact) mass is 578 g/mol. The van der Waals surface area contributed by atoms with Crippen LogP contribution >= 0.6 is 0 Å². The highest BCUT2D eigenvalue weighted by Crippen LogP contribution is 2.29. The third kappa shape index (κ3) is 8.83. The molecule has 12 heteroatoms. The summed E-state index contributed by atoms with van der Waals surface area (Å²) in [5, 5.41) is 24.4. The number of hydrogen-bond acceptors (Lipinski definition) is 10. The number of primary amides is 1. The number of hydrogen-bond donors (Lipinski definition) is 4. The predicted octanol–water partition coefficient (Wildman–Crippen LogP) is 1.60. The number of methoxy groups -OCH3 is 3. The van der Waals surface area contributed by atoms with Crippen LogP contribution in [0.25, 0.3) is 0 Å². The molecule has 0 aromatic heterocycles. The van der Waals surface area contributed by atoms with Crippen LogP contribution in [-0.4, -0.2) is 85.6 Å². The predicted molar refractivity (Wildman–Crippen MR) is 148 cm³/mol. The molecule has 0 spiro atoms. The second-order valence-electron chi connectivity index (χ2n) is 10.6. The highest BCUT2D eigenvalue weighted by Gasteiger charge is 2.34. The number of Topliss-reactive ketones (excluding diaryl/α,β-unsaturated/α-hetero) is 1. The van der Waals surface area contributed by atoms with Crippen molar-refractivity contribution in [2.75, 3.05) is 21.3 Å². The molecule has 0 saturated carbocycles. The first kappa shape index (κ1) is 33.9. The lowest BCUT2D eigenvalue weighted by atomic mass is 9.85. The normalized spacial score (nSPS) is 33.6. The number of aliphatic hydroxyl groups is 2. The number of amides is 2. The van der Waals surface area contributed by atoms with E-state index in [1.807, 2.05) is 6.92 Å². The Morgan fingerprint density at radius 3 is 2.20 bits per heavy atom. The minimum atomic E-state index is -1.23. The summed E-state index contributed by atoms with van der Waals surface area (Å²) in [6, 6.07) is 0. The molecule has 2 amide bonds. The van der Waals surface area contributed by atoms with Crippen molar-refractivity contribution in [2.45, 2.75) is 77.5 Å². The van der Waals surface area contributed by atoms with Crippen LogP contribution in [0.1, 0.15) is 47.0 Å². The van der Waals surface area contributed by atoms with E-state index in [2.05, 4.69) is 5.32 Å². The third-order valence-electron chi connectivity index (χ3n) is 7.29. The Labute approximate surface area is 240 Å². The van der Waals surface area contributed by atoms with E-state index in [4.69, 9.17) is 24.7 Å². The summed E-state index contributed by atoms with van der Waals surface area (Å²) in [6.45, 7) is 6.73. The van der Waals surface area contributed by atoms with E-state index in [1.54, 1.807) is 19.9 Å². The molecule has 2 bridgehead atoms. The summed E-state index contributed by atoms with van der Waals surface area (Å²) in [7, 11) is 4.12. The molecule has 1 aliphatic carbocycles. The first-order chi connectivity index (χ1) is 19.2. The quantitative estimate of drug-likeness (QED) is 0.282. The maximum absolute atomic E-state index is 13.4. The molecule has 2 aliphatic rings. The molecule has 0 saturated heterocycles. The van der Waals surface area contributed by atoms with Gasteiger partial charge in [0, 0.05) is 43.8 Å². The van der Waals surface area contributed by atoms with Gasteiger partial charge in [-0.15, -0.1) is 0 Å². The lowest BCUT2D eigenvalue weighted by Crippen LogP contribution is -2.39. The van der Waals surface area contributed by atoms with Crippen molar-refractivity contribution in [1.29, 1.82) is 0 Å². The van der Waals surface area contributed by atoms with Crippen molar-refractivity contribution >= 4 is 23.6 Å². The van der Waals surface area contributed by atoms with Crippen LogP contribution in [0, 0.1) is 11.8 Å². The van der Waals surface area contributed by atoms with E-state index in [1.165, 1.54) is 34.3 Å². The van der Waals surface area contributed by atoms with Crippen LogP contribution in [0.3, 0.4) is 0 Å². The number of nitrogens with two attached hydrogens (primary N) is 1. The van der Waals surface area contributed by atoms with Gasteiger partial charge in [0.2, 0.25) is 11.6 Å². The van der Waals surface area contributed by atoms with E-state index in [0.717, 1.165) is 6.08 Å². The molecule has 228 valence electrons. The molecule has 1 aliphatic heterocycles. The van der Waals surface area contributed by atoms with Crippen molar-refractivity contribution in [3.63, 3.8) is 0 Å². The molecule has 0 aromatic rings. The van der Waals surface area contributed by atoms with Crippen LogP contribution in [0.4, 0.5) is 4.79 Å². The van der Waals surface area contributed by atoms with Gasteiger partial charge in [0.05, 0.1) is 31.1 Å². The van der Waals surface area contributed by atoms with Crippen molar-refractivity contribution in [3.8, 4) is 0 Å². The van der Waals surface area contributed by atoms with Gasteiger partial charge in [-0.2, -0.15) is 0 Å². The zero-order valence-electron chi connectivity index (χ0n) is 24.6. The zero-order chi connectivity index (χ0) is 31.0. The summed E-state index contributed by atoms with van der Waals surface area (Å²) in [4.78, 5) is 50.8. The van der Waals surface area contributed by atoms with Gasteiger partial charge >= 0.3 is 6.09 Å². The third-order valence-corrected chi connectivity index (χ3v) is 7.29. The number of allylic oxidation sites excluding steroid dienone is 2. The van der Waals surface area contributed by atoms with E-state index in [-0.39, 0.29) is 41.4 Å². The van der Waals surface area contributed by atoms with Crippen LogP contribution in [0.15, 0.2) is 46.4 Å². The zero-order valence-corrected chi connectivity index (χ0v) is 24.6. The first-order valence-electron chi connectivity index (χ1n) is 13.4. The van der Waals surface area contributed by atoms with Crippen LogP contribution in [0.5, 0.6) is 0 Å². The van der Waals surface area contributed by atoms with Gasteiger partial charge in [-0.3, -0.25) is 14.4 Å². The maximum atomic E-state index is 13.4. The summed E-state index contributed by atoms with van der Waals surface area (Å²) < 4.78 is 21.7. The smallest absolute Gasteiger partial charge is 0.405 e. The number of nitrogens with one attached hydrogen (secondary N) is 1. The fraction of sp³-hybridized carbons (Fsp3) is 0.586. The fourth-order valence-corrected chi connectivity index (χ4v) is 5.15. The molecular formula is C29H42N2O10. The average Bonchev–Trinajstić information content (AvgIpc) is 2.90.